The third-order valence-corrected chi connectivity index (χ3v) is 3.67. The van der Waals surface area contributed by atoms with Gasteiger partial charge >= 0.3 is 0 Å². The van der Waals surface area contributed by atoms with Crippen LogP contribution in [0.4, 0.5) is 10.3 Å². The Labute approximate surface area is 116 Å². The Bertz CT molecular complexity index is 762. The Morgan fingerprint density at radius 1 is 1.20 bits per heavy atom. The molecule has 0 amide bonds. The van der Waals surface area contributed by atoms with Crippen molar-refractivity contribution in [1.29, 1.82) is 0 Å². The van der Waals surface area contributed by atoms with Crippen LogP contribution in [0.1, 0.15) is 24.1 Å². The first-order chi connectivity index (χ1) is 9.58. The molecule has 1 heterocycles. The summed E-state index contributed by atoms with van der Waals surface area (Å²) in [5, 5.41) is 0. The van der Waals surface area contributed by atoms with Crippen LogP contribution < -0.4 is 5.73 Å². The number of halogens is 1. The monoisotopic (exact) mass is 269 g/mol. The van der Waals surface area contributed by atoms with E-state index in [1.807, 2.05) is 34.9 Å². The number of anilines is 1. The van der Waals surface area contributed by atoms with Crippen molar-refractivity contribution in [3.63, 3.8) is 0 Å². The molecule has 0 fully saturated rings. The van der Waals surface area contributed by atoms with Gasteiger partial charge in [0.1, 0.15) is 5.82 Å². The van der Waals surface area contributed by atoms with Crippen molar-refractivity contribution in [2.24, 2.45) is 0 Å². The Balaban J connectivity index is 2.21. The molecule has 1 aromatic heterocycles. The third kappa shape index (κ3) is 1.93. The fourth-order valence-corrected chi connectivity index (χ4v) is 2.53. The molecule has 0 aliphatic rings. The lowest BCUT2D eigenvalue weighted by atomic mass is 10.1. The van der Waals surface area contributed by atoms with Crippen LogP contribution in [0, 0.1) is 12.7 Å². The van der Waals surface area contributed by atoms with Crippen LogP contribution in [-0.4, -0.2) is 9.55 Å². The van der Waals surface area contributed by atoms with Gasteiger partial charge in [-0.05, 0) is 31.0 Å². The summed E-state index contributed by atoms with van der Waals surface area (Å²) in [6, 6.07) is 13.3. The lowest BCUT2D eigenvalue weighted by Crippen LogP contribution is -2.10. The van der Waals surface area contributed by atoms with Gasteiger partial charge in [0.05, 0.1) is 17.1 Å². The molecule has 0 bridgehead atoms. The number of aromatic nitrogens is 2. The van der Waals surface area contributed by atoms with Crippen molar-refractivity contribution in [2.75, 3.05) is 5.73 Å². The summed E-state index contributed by atoms with van der Waals surface area (Å²) in [4.78, 5) is 4.26. The van der Waals surface area contributed by atoms with Gasteiger partial charge in [-0.1, -0.05) is 30.3 Å². The molecular formula is C16H16FN3. The quantitative estimate of drug-likeness (QED) is 0.771. The smallest absolute Gasteiger partial charge is 0.201 e. The fraction of sp³-hybridized carbons (Fsp3) is 0.188. The average Bonchev–Trinajstić information content (AvgIpc) is 2.75. The number of nitrogen functional groups attached to an aromatic ring is 1. The number of benzene rings is 2. The highest BCUT2D eigenvalue weighted by molar-refractivity contribution is 5.79. The van der Waals surface area contributed by atoms with E-state index >= 15 is 0 Å². The molecule has 0 aliphatic heterocycles. The second-order valence-corrected chi connectivity index (χ2v) is 5.02. The van der Waals surface area contributed by atoms with Gasteiger partial charge in [-0.25, -0.2) is 9.37 Å². The number of rotatable bonds is 2. The van der Waals surface area contributed by atoms with Crippen LogP contribution in [0.15, 0.2) is 42.5 Å². The minimum absolute atomic E-state index is 0.0473. The molecule has 2 aromatic carbocycles. The second-order valence-electron chi connectivity index (χ2n) is 5.02. The Hall–Kier alpha value is -2.36. The van der Waals surface area contributed by atoms with Gasteiger partial charge < -0.3 is 10.3 Å². The zero-order valence-corrected chi connectivity index (χ0v) is 11.5. The van der Waals surface area contributed by atoms with E-state index in [2.05, 4.69) is 11.9 Å². The second kappa shape index (κ2) is 4.63. The van der Waals surface area contributed by atoms with Crippen LogP contribution in [0.3, 0.4) is 0 Å². The van der Waals surface area contributed by atoms with E-state index < -0.39 is 0 Å². The Morgan fingerprint density at radius 2 is 1.90 bits per heavy atom. The molecule has 4 heteroatoms. The van der Waals surface area contributed by atoms with Crippen molar-refractivity contribution in [2.45, 2.75) is 19.9 Å². The van der Waals surface area contributed by atoms with Crippen molar-refractivity contribution in [3.8, 4) is 0 Å². The van der Waals surface area contributed by atoms with Crippen LogP contribution in [-0.2, 0) is 0 Å². The molecule has 1 unspecified atom stereocenters. The molecular weight excluding hydrogens is 253 g/mol. The van der Waals surface area contributed by atoms with Crippen LogP contribution in [0.5, 0.6) is 0 Å². The van der Waals surface area contributed by atoms with Gasteiger partial charge in [-0.2, -0.15) is 0 Å². The molecule has 3 nitrogen and oxygen atoms in total. The zero-order valence-electron chi connectivity index (χ0n) is 11.5. The number of nitrogens with zero attached hydrogens (tertiary/aromatic N) is 2. The summed E-state index contributed by atoms with van der Waals surface area (Å²) in [6.45, 7) is 3.81. The van der Waals surface area contributed by atoms with Crippen LogP contribution in [0.25, 0.3) is 11.0 Å². The SMILES string of the molecule is Cc1cc2c(cc1F)nc(N)n2C(C)c1ccccc1. The van der Waals surface area contributed by atoms with Gasteiger partial charge in [-0.3, -0.25) is 0 Å². The summed E-state index contributed by atoms with van der Waals surface area (Å²) in [5.41, 5.74) is 9.21. The van der Waals surface area contributed by atoms with Gasteiger partial charge in [0.15, 0.2) is 0 Å². The summed E-state index contributed by atoms with van der Waals surface area (Å²) >= 11 is 0. The molecule has 2 N–H and O–H groups in total. The molecule has 3 aromatic rings. The van der Waals surface area contributed by atoms with Crippen LogP contribution >= 0.6 is 0 Å². The maximum absolute atomic E-state index is 13.6. The van der Waals surface area contributed by atoms with Crippen molar-refractivity contribution >= 4 is 17.0 Å². The first kappa shape index (κ1) is 12.7. The third-order valence-electron chi connectivity index (χ3n) is 3.67. The van der Waals surface area contributed by atoms with Crippen molar-refractivity contribution in [3.05, 3.63) is 59.4 Å². The van der Waals surface area contributed by atoms with E-state index in [-0.39, 0.29) is 11.9 Å². The normalized spacial score (nSPS) is 12.8. The molecule has 0 saturated heterocycles. The van der Waals surface area contributed by atoms with Gasteiger partial charge in [0.2, 0.25) is 5.95 Å². The number of fused-ring (bicyclic) bond motifs is 1. The lowest BCUT2D eigenvalue weighted by molar-refractivity contribution is 0.619. The number of imidazole rings is 1. The summed E-state index contributed by atoms with van der Waals surface area (Å²) < 4.78 is 15.6. The Kier molecular flexibility index (Phi) is 2.93. The minimum atomic E-state index is -0.255. The largest absolute Gasteiger partial charge is 0.369 e. The molecule has 0 saturated carbocycles. The number of hydrogen-bond donors (Lipinski definition) is 1. The highest BCUT2D eigenvalue weighted by atomic mass is 19.1. The lowest BCUT2D eigenvalue weighted by Gasteiger charge is -2.16. The highest BCUT2D eigenvalue weighted by Crippen LogP contribution is 2.28. The topological polar surface area (TPSA) is 43.8 Å². The molecule has 20 heavy (non-hydrogen) atoms. The molecule has 102 valence electrons. The zero-order chi connectivity index (χ0) is 14.3. The van der Waals surface area contributed by atoms with Gasteiger partial charge in [-0.15, -0.1) is 0 Å². The predicted octanol–water partition coefficient (Wildman–Crippen LogP) is 3.68. The Morgan fingerprint density at radius 3 is 2.60 bits per heavy atom. The number of nitrogens with two attached hydrogens (primary N) is 1. The molecule has 3 rings (SSSR count). The van der Waals surface area contributed by atoms with Gasteiger partial charge in [0, 0.05) is 6.07 Å². The molecule has 0 aliphatic carbocycles. The predicted molar refractivity (Wildman–Crippen MR) is 79.1 cm³/mol. The van der Waals surface area contributed by atoms with E-state index in [9.17, 15) is 4.39 Å². The highest BCUT2D eigenvalue weighted by Gasteiger charge is 2.16. The van der Waals surface area contributed by atoms with E-state index in [4.69, 9.17) is 5.73 Å². The van der Waals surface area contributed by atoms with Gasteiger partial charge in [0.25, 0.3) is 0 Å². The van der Waals surface area contributed by atoms with E-state index in [1.165, 1.54) is 6.07 Å². The van der Waals surface area contributed by atoms with Crippen molar-refractivity contribution < 1.29 is 4.39 Å². The van der Waals surface area contributed by atoms with E-state index in [0.717, 1.165) is 11.1 Å². The number of aryl methyl sites for hydroxylation is 1. The maximum atomic E-state index is 13.6. The summed E-state index contributed by atoms with van der Waals surface area (Å²) in [6.07, 6.45) is 0. The van der Waals surface area contributed by atoms with Crippen LogP contribution in [0.2, 0.25) is 0 Å². The standard InChI is InChI=1S/C16H16FN3/c1-10-8-15-14(9-13(10)17)19-16(18)20(15)11(2)12-6-4-3-5-7-12/h3-9,11H,1-2H3,(H2,18,19). The molecule has 0 spiro atoms. The summed E-state index contributed by atoms with van der Waals surface area (Å²) in [7, 11) is 0. The summed E-state index contributed by atoms with van der Waals surface area (Å²) in [5.74, 6) is 0.149. The van der Waals surface area contributed by atoms with Crippen molar-refractivity contribution in [1.82, 2.24) is 9.55 Å². The minimum Gasteiger partial charge on any atom is -0.369 e. The first-order valence-corrected chi connectivity index (χ1v) is 6.56. The maximum Gasteiger partial charge on any atom is 0.201 e. The van der Waals surface area contributed by atoms with E-state index in [1.54, 1.807) is 13.0 Å². The average molecular weight is 269 g/mol. The number of hydrogen-bond acceptors (Lipinski definition) is 2. The molecule has 0 radical (unpaired) electrons. The van der Waals surface area contributed by atoms with E-state index in [0.29, 0.717) is 17.0 Å². The molecule has 1 atom stereocenters. The fourth-order valence-electron chi connectivity index (χ4n) is 2.53. The first-order valence-electron chi connectivity index (χ1n) is 6.56.